The van der Waals surface area contributed by atoms with Crippen molar-refractivity contribution >= 4 is 38.9 Å². The Bertz CT molecular complexity index is 992. The summed E-state index contributed by atoms with van der Waals surface area (Å²) in [4.78, 5) is 35.3. The van der Waals surface area contributed by atoms with Gasteiger partial charge in [0.1, 0.15) is 0 Å². The molecule has 0 bridgehead atoms. The van der Waals surface area contributed by atoms with Crippen LogP contribution in [0.2, 0.25) is 0 Å². The van der Waals surface area contributed by atoms with Gasteiger partial charge in [-0.05, 0) is 38.1 Å². The van der Waals surface area contributed by atoms with E-state index in [1.165, 1.54) is 35.8 Å². The molecule has 0 spiro atoms. The van der Waals surface area contributed by atoms with Crippen LogP contribution in [-0.4, -0.2) is 31.0 Å². The van der Waals surface area contributed by atoms with E-state index < -0.39 is 28.0 Å². The quantitative estimate of drug-likeness (QED) is 0.645. The summed E-state index contributed by atoms with van der Waals surface area (Å²) < 4.78 is 28.9. The summed E-state index contributed by atoms with van der Waals surface area (Å²) in [5.74, 6) is -1.18. The fourth-order valence-corrected chi connectivity index (χ4v) is 3.44. The van der Waals surface area contributed by atoms with E-state index in [-0.39, 0.29) is 22.7 Å². The molecule has 2 rings (SSSR count). The van der Waals surface area contributed by atoms with Gasteiger partial charge < -0.3 is 14.6 Å². The topological polar surface area (TPSA) is 138 Å². The third-order valence-corrected chi connectivity index (χ3v) is 5.45. The molecule has 0 aliphatic rings. The van der Waals surface area contributed by atoms with Gasteiger partial charge >= 0.3 is 10.8 Å². The van der Waals surface area contributed by atoms with Crippen LogP contribution < -0.4 is 15.3 Å². The van der Waals surface area contributed by atoms with E-state index in [9.17, 15) is 22.8 Å². The molecule has 1 aromatic carbocycles. The van der Waals surface area contributed by atoms with Gasteiger partial charge in [0.25, 0.3) is 5.91 Å². The molecule has 9 nitrogen and oxygen atoms in total. The van der Waals surface area contributed by atoms with Crippen LogP contribution in [0.3, 0.4) is 0 Å². The number of primary sulfonamides is 1. The van der Waals surface area contributed by atoms with Gasteiger partial charge in [-0.25, -0.2) is 13.6 Å². The average Bonchev–Trinajstić information content (AvgIpc) is 2.90. The summed E-state index contributed by atoms with van der Waals surface area (Å²) in [5, 5.41) is 9.21. The van der Waals surface area contributed by atoms with Crippen molar-refractivity contribution in [3.63, 3.8) is 0 Å². The molecule has 0 unspecified atom stereocenters. The number of benzene rings is 1. The molecule has 0 aliphatic carbocycles. The Morgan fingerprint density at radius 1 is 1.30 bits per heavy atom. The zero-order valence-electron chi connectivity index (χ0n) is 14.7. The summed E-state index contributed by atoms with van der Waals surface area (Å²) >= 11 is 1.05. The first-order valence-electron chi connectivity index (χ1n) is 7.86. The van der Waals surface area contributed by atoms with Crippen LogP contribution in [0.25, 0.3) is 0 Å². The number of nitrogens with zero attached hydrogens (tertiary/aromatic N) is 1. The number of nitrogens with one attached hydrogen (secondary N) is 1. The number of nitrogens with two attached hydrogens (primary N) is 1. The lowest BCUT2D eigenvalue weighted by atomic mass is 10.3. The molecule has 0 radical (unpaired) electrons. The minimum Gasteiger partial charge on any atom is -0.452 e. The first kappa shape index (κ1) is 20.8. The van der Waals surface area contributed by atoms with Gasteiger partial charge in [-0.3, -0.25) is 14.4 Å². The molecule has 1 atom stereocenters. The third-order valence-electron chi connectivity index (χ3n) is 3.64. The normalized spacial score (nSPS) is 12.4. The molecule has 3 N–H and O–H groups in total. The van der Waals surface area contributed by atoms with Crippen LogP contribution in [0.1, 0.15) is 19.0 Å². The number of carbonyl (C=O) groups excluding carboxylic acids is 2. The number of hydrogen-bond donors (Lipinski definition) is 2. The lowest BCUT2D eigenvalue weighted by Gasteiger charge is -2.14. The number of hydrogen-bond acceptors (Lipinski definition) is 7. The van der Waals surface area contributed by atoms with E-state index in [2.05, 4.69) is 5.32 Å². The van der Waals surface area contributed by atoms with Gasteiger partial charge in [0, 0.05) is 23.3 Å². The first-order chi connectivity index (χ1) is 12.6. The maximum atomic E-state index is 12.1. The Kier molecular flexibility index (Phi) is 6.52. The smallest absolute Gasteiger partial charge is 0.308 e. The number of carbonyl (C=O) groups is 2. The lowest BCUT2D eigenvalue weighted by Crippen LogP contribution is -2.30. The number of rotatable bonds is 7. The number of thiazole rings is 1. The van der Waals surface area contributed by atoms with Crippen LogP contribution in [0.5, 0.6) is 0 Å². The molecule has 1 heterocycles. The SMILES string of the molecule is Cc1csc(=O)n1CCC(=O)O[C@H](C)C(=O)Nc1ccc(S(N)(=O)=O)cc1. The van der Waals surface area contributed by atoms with E-state index in [0.717, 1.165) is 17.0 Å². The van der Waals surface area contributed by atoms with Gasteiger partial charge in [-0.1, -0.05) is 11.3 Å². The van der Waals surface area contributed by atoms with E-state index in [0.29, 0.717) is 5.69 Å². The number of aryl methyl sites for hydroxylation is 1. The van der Waals surface area contributed by atoms with Gasteiger partial charge in [0.15, 0.2) is 6.10 Å². The highest BCUT2D eigenvalue weighted by molar-refractivity contribution is 7.89. The Labute approximate surface area is 159 Å². The molecular weight excluding hydrogens is 394 g/mol. The maximum Gasteiger partial charge on any atom is 0.308 e. The van der Waals surface area contributed by atoms with Gasteiger partial charge in [-0.15, -0.1) is 0 Å². The summed E-state index contributed by atoms with van der Waals surface area (Å²) in [6, 6.07) is 5.25. The van der Waals surface area contributed by atoms with E-state index in [1.807, 2.05) is 0 Å². The molecule has 2 aromatic rings. The van der Waals surface area contributed by atoms with Crippen molar-refractivity contribution in [1.29, 1.82) is 0 Å². The summed E-state index contributed by atoms with van der Waals surface area (Å²) in [7, 11) is -3.82. The molecule has 27 heavy (non-hydrogen) atoms. The standard InChI is InChI=1S/C16H19N3O6S2/c1-10-9-26-16(22)19(10)8-7-14(20)25-11(2)15(21)18-12-3-5-13(6-4-12)27(17,23)24/h3-6,9,11H,7-8H2,1-2H3,(H,18,21)(H2,17,23,24)/t11-/m1/s1. The maximum absolute atomic E-state index is 12.1. The number of ether oxygens (including phenoxy) is 1. The second kappa shape index (κ2) is 8.46. The van der Waals surface area contributed by atoms with Crippen molar-refractivity contribution in [3.8, 4) is 0 Å². The number of esters is 1. The molecule has 11 heteroatoms. The van der Waals surface area contributed by atoms with Gasteiger partial charge in [0.2, 0.25) is 10.0 Å². The van der Waals surface area contributed by atoms with Crippen LogP contribution >= 0.6 is 11.3 Å². The molecule has 0 aliphatic heterocycles. The zero-order valence-corrected chi connectivity index (χ0v) is 16.3. The molecular formula is C16H19N3O6S2. The van der Waals surface area contributed by atoms with E-state index in [1.54, 1.807) is 12.3 Å². The second-order valence-electron chi connectivity index (χ2n) is 5.74. The van der Waals surface area contributed by atoms with Crippen molar-refractivity contribution in [2.75, 3.05) is 5.32 Å². The average molecular weight is 413 g/mol. The molecule has 146 valence electrons. The van der Waals surface area contributed by atoms with Crippen molar-refractivity contribution in [2.24, 2.45) is 5.14 Å². The Morgan fingerprint density at radius 2 is 1.93 bits per heavy atom. The van der Waals surface area contributed by atoms with Crippen molar-refractivity contribution < 1.29 is 22.7 Å². The molecule has 0 saturated carbocycles. The summed E-state index contributed by atoms with van der Waals surface area (Å²) in [5.41, 5.74) is 1.09. The summed E-state index contributed by atoms with van der Waals surface area (Å²) in [6.45, 7) is 3.35. The Balaban J connectivity index is 1.87. The predicted octanol–water partition coefficient (Wildman–Crippen LogP) is 0.826. The highest BCUT2D eigenvalue weighted by Crippen LogP contribution is 2.13. The van der Waals surface area contributed by atoms with Crippen LogP contribution in [-0.2, 0) is 30.9 Å². The second-order valence-corrected chi connectivity index (χ2v) is 8.12. The van der Waals surface area contributed by atoms with Crippen LogP contribution in [0, 0.1) is 6.92 Å². The predicted molar refractivity (Wildman–Crippen MR) is 99.9 cm³/mol. The minimum absolute atomic E-state index is 0.0435. The molecule has 1 aromatic heterocycles. The van der Waals surface area contributed by atoms with Gasteiger partial charge in [0.05, 0.1) is 11.3 Å². The molecule has 1 amide bonds. The number of anilines is 1. The Morgan fingerprint density at radius 3 is 2.44 bits per heavy atom. The lowest BCUT2D eigenvalue weighted by molar-refractivity contribution is -0.153. The fraction of sp³-hybridized carbons (Fsp3) is 0.312. The van der Waals surface area contributed by atoms with Crippen LogP contribution in [0.15, 0.2) is 39.3 Å². The van der Waals surface area contributed by atoms with E-state index in [4.69, 9.17) is 9.88 Å². The fourth-order valence-electron chi connectivity index (χ4n) is 2.16. The van der Waals surface area contributed by atoms with E-state index >= 15 is 0 Å². The third kappa shape index (κ3) is 5.74. The highest BCUT2D eigenvalue weighted by Gasteiger charge is 2.18. The molecule has 0 saturated heterocycles. The monoisotopic (exact) mass is 413 g/mol. The minimum atomic E-state index is -3.82. The molecule has 0 fully saturated rings. The summed E-state index contributed by atoms with van der Waals surface area (Å²) in [6.07, 6.45) is -1.10. The number of aromatic nitrogens is 1. The number of sulfonamides is 1. The number of amides is 1. The van der Waals surface area contributed by atoms with Crippen molar-refractivity contribution in [1.82, 2.24) is 4.57 Å². The van der Waals surface area contributed by atoms with Crippen molar-refractivity contribution in [3.05, 3.63) is 45.0 Å². The van der Waals surface area contributed by atoms with Crippen molar-refractivity contribution in [2.45, 2.75) is 37.8 Å². The highest BCUT2D eigenvalue weighted by atomic mass is 32.2. The van der Waals surface area contributed by atoms with Crippen LogP contribution in [0.4, 0.5) is 5.69 Å². The first-order valence-corrected chi connectivity index (χ1v) is 10.3. The zero-order chi connectivity index (χ0) is 20.2. The Hall–Kier alpha value is -2.50. The van der Waals surface area contributed by atoms with Gasteiger partial charge in [-0.2, -0.15) is 0 Å². The largest absolute Gasteiger partial charge is 0.452 e.